The van der Waals surface area contributed by atoms with Crippen molar-refractivity contribution in [1.82, 2.24) is 14.9 Å². The number of nitrogens with zero attached hydrogens (tertiary/aromatic N) is 1. The molecule has 2 N–H and O–H groups in total. The number of aromatic nitrogens is 2. The Morgan fingerprint density at radius 1 is 1.42 bits per heavy atom. The van der Waals surface area contributed by atoms with E-state index in [-0.39, 0.29) is 17.5 Å². The second-order valence-electron chi connectivity index (χ2n) is 7.24. The van der Waals surface area contributed by atoms with Crippen molar-refractivity contribution in [3.05, 3.63) is 51.5 Å². The van der Waals surface area contributed by atoms with Crippen LogP contribution < -0.4 is 10.9 Å². The highest BCUT2D eigenvalue weighted by molar-refractivity contribution is 7.71. The highest BCUT2D eigenvalue weighted by Gasteiger charge is 2.28. The third kappa shape index (κ3) is 3.51. The predicted molar refractivity (Wildman–Crippen MR) is 107 cm³/mol. The van der Waals surface area contributed by atoms with Crippen LogP contribution in [0.15, 0.2) is 35.6 Å². The molecule has 0 radical (unpaired) electrons. The molecular weight excluding hydrogens is 346 g/mol. The molecule has 3 atom stereocenters. The summed E-state index contributed by atoms with van der Waals surface area (Å²) >= 11 is 5.26. The molecule has 3 rings (SSSR count). The van der Waals surface area contributed by atoms with Gasteiger partial charge in [0.25, 0.3) is 11.5 Å². The van der Waals surface area contributed by atoms with Crippen LogP contribution in [0.4, 0.5) is 0 Å². The van der Waals surface area contributed by atoms with Crippen LogP contribution in [0.25, 0.3) is 10.9 Å². The first kappa shape index (κ1) is 18.6. The van der Waals surface area contributed by atoms with Gasteiger partial charge >= 0.3 is 0 Å². The number of rotatable bonds is 4. The molecule has 6 heteroatoms. The number of hydrogen-bond donors (Lipinski definition) is 2. The highest BCUT2D eigenvalue weighted by Crippen LogP contribution is 2.29. The predicted octanol–water partition coefficient (Wildman–Crippen LogP) is 3.80. The Morgan fingerprint density at radius 3 is 2.92 bits per heavy atom. The van der Waals surface area contributed by atoms with E-state index in [4.69, 9.17) is 12.2 Å². The smallest absolute Gasteiger partial charge is 0.262 e. The molecule has 1 aromatic carbocycles. The molecule has 0 spiro atoms. The average molecular weight is 372 g/mol. The number of aromatic amines is 1. The van der Waals surface area contributed by atoms with Crippen LogP contribution in [0.3, 0.4) is 0 Å². The van der Waals surface area contributed by atoms with Gasteiger partial charge in [-0.1, -0.05) is 32.8 Å². The van der Waals surface area contributed by atoms with E-state index in [1.807, 2.05) is 0 Å². The van der Waals surface area contributed by atoms with Crippen LogP contribution in [0.2, 0.25) is 0 Å². The van der Waals surface area contributed by atoms with Crippen LogP contribution in [0.5, 0.6) is 0 Å². The third-order valence-corrected chi connectivity index (χ3v) is 5.90. The fourth-order valence-electron chi connectivity index (χ4n) is 3.73. The molecule has 2 aromatic rings. The molecule has 1 heterocycles. The van der Waals surface area contributed by atoms with Crippen molar-refractivity contribution >= 4 is 29.0 Å². The number of benzene rings is 1. The lowest BCUT2D eigenvalue weighted by atomic mass is 9.78. The van der Waals surface area contributed by atoms with Crippen LogP contribution in [0.1, 0.15) is 43.5 Å². The van der Waals surface area contributed by atoms with Crippen molar-refractivity contribution in [2.75, 3.05) is 0 Å². The summed E-state index contributed by atoms with van der Waals surface area (Å²) in [5, 5.41) is 3.68. The van der Waals surface area contributed by atoms with Gasteiger partial charge in [0.15, 0.2) is 4.77 Å². The van der Waals surface area contributed by atoms with Crippen molar-refractivity contribution in [3.8, 4) is 0 Å². The largest absolute Gasteiger partial charge is 0.349 e. The molecule has 1 amide bonds. The Bertz CT molecular complexity index is 960. The van der Waals surface area contributed by atoms with Crippen molar-refractivity contribution in [2.24, 2.45) is 11.8 Å². The zero-order valence-electron chi connectivity index (χ0n) is 15.2. The van der Waals surface area contributed by atoms with Crippen LogP contribution >= 0.6 is 12.2 Å². The number of carbonyl (C=O) groups is 1. The maximum atomic E-state index is 12.7. The number of carbonyl (C=O) groups excluding carboxylic acids is 1. The highest BCUT2D eigenvalue weighted by atomic mass is 32.1. The van der Waals surface area contributed by atoms with Gasteiger partial charge in [-0.3, -0.25) is 14.2 Å². The zero-order chi connectivity index (χ0) is 18.8. The van der Waals surface area contributed by atoms with Gasteiger partial charge in [-0.2, -0.15) is 0 Å². The second kappa shape index (κ2) is 7.58. The molecule has 1 aliphatic carbocycles. The standard InChI is InChI=1S/C20H25N3O2S/c1-4-10-23-19(25)15-9-8-14(11-17(15)22-20(23)26)18(24)21-16-7-5-6-12(2)13(16)3/h4,8-9,11-13,16H,1,5-7,10H2,2-3H3,(H,21,24)(H,22,26)/t12-,13-,16+/m0/s1. The molecule has 0 saturated heterocycles. The van der Waals surface area contributed by atoms with E-state index in [1.165, 1.54) is 11.0 Å². The number of fused-ring (bicyclic) bond motifs is 1. The molecular formula is C20H25N3O2S. The molecule has 1 aliphatic rings. The van der Waals surface area contributed by atoms with Gasteiger partial charge in [0, 0.05) is 18.2 Å². The minimum absolute atomic E-state index is 0.104. The van der Waals surface area contributed by atoms with E-state index >= 15 is 0 Å². The van der Waals surface area contributed by atoms with Crippen LogP contribution in [-0.2, 0) is 6.54 Å². The van der Waals surface area contributed by atoms with Crippen LogP contribution in [0, 0.1) is 16.6 Å². The Kier molecular flexibility index (Phi) is 5.41. The van der Waals surface area contributed by atoms with Crippen molar-refractivity contribution < 1.29 is 4.79 Å². The third-order valence-electron chi connectivity index (χ3n) is 5.58. The Labute approximate surface area is 158 Å². The number of allylic oxidation sites excluding steroid dienone is 1. The topological polar surface area (TPSA) is 66.9 Å². The summed E-state index contributed by atoms with van der Waals surface area (Å²) in [6.45, 7) is 8.45. The summed E-state index contributed by atoms with van der Waals surface area (Å²) in [5.41, 5.74) is 0.942. The van der Waals surface area contributed by atoms with Gasteiger partial charge < -0.3 is 10.3 Å². The lowest BCUT2D eigenvalue weighted by Crippen LogP contribution is -2.43. The van der Waals surface area contributed by atoms with Crippen molar-refractivity contribution in [1.29, 1.82) is 0 Å². The van der Waals surface area contributed by atoms with Gasteiger partial charge in [0.2, 0.25) is 0 Å². The SMILES string of the molecule is C=CCn1c(=S)[nH]c2cc(C(=O)N[C@@H]3CCC[C@H](C)[C@@H]3C)ccc2c1=O. The van der Waals surface area contributed by atoms with Crippen molar-refractivity contribution in [2.45, 2.75) is 45.7 Å². The first-order valence-corrected chi connectivity index (χ1v) is 9.52. The molecule has 0 unspecified atom stereocenters. The molecule has 1 aromatic heterocycles. The fourth-order valence-corrected chi connectivity index (χ4v) is 4.00. The van der Waals surface area contributed by atoms with Gasteiger partial charge in [0.1, 0.15) is 0 Å². The minimum atomic E-state index is -0.176. The minimum Gasteiger partial charge on any atom is -0.349 e. The van der Waals surface area contributed by atoms with E-state index in [0.717, 1.165) is 12.8 Å². The summed E-state index contributed by atoms with van der Waals surface area (Å²) in [6.07, 6.45) is 5.01. The zero-order valence-corrected chi connectivity index (χ0v) is 16.1. The molecule has 0 bridgehead atoms. The molecule has 0 aliphatic heterocycles. The Morgan fingerprint density at radius 2 is 2.19 bits per heavy atom. The van der Waals surface area contributed by atoms with Gasteiger partial charge in [-0.25, -0.2) is 0 Å². The maximum absolute atomic E-state index is 12.7. The fraction of sp³-hybridized carbons (Fsp3) is 0.450. The Balaban J connectivity index is 1.90. The van der Waals surface area contributed by atoms with E-state index in [0.29, 0.717) is 39.6 Å². The summed E-state index contributed by atoms with van der Waals surface area (Å²) in [5.74, 6) is 0.975. The van der Waals surface area contributed by atoms with E-state index in [2.05, 4.69) is 30.7 Å². The van der Waals surface area contributed by atoms with Gasteiger partial charge in [-0.15, -0.1) is 6.58 Å². The Hall–Kier alpha value is -2.21. The molecule has 1 saturated carbocycles. The second-order valence-corrected chi connectivity index (χ2v) is 7.63. The number of hydrogen-bond acceptors (Lipinski definition) is 3. The first-order chi connectivity index (χ1) is 12.4. The molecule has 5 nitrogen and oxygen atoms in total. The summed E-state index contributed by atoms with van der Waals surface area (Å²) in [4.78, 5) is 28.3. The quantitative estimate of drug-likeness (QED) is 0.634. The van der Waals surface area contributed by atoms with E-state index in [9.17, 15) is 9.59 Å². The monoisotopic (exact) mass is 371 g/mol. The van der Waals surface area contributed by atoms with Crippen molar-refractivity contribution in [3.63, 3.8) is 0 Å². The summed E-state index contributed by atoms with van der Waals surface area (Å²) in [6, 6.07) is 5.29. The van der Waals surface area contributed by atoms with Gasteiger partial charge in [-0.05, 0) is 48.7 Å². The average Bonchev–Trinajstić information content (AvgIpc) is 2.62. The lowest BCUT2D eigenvalue weighted by molar-refractivity contribution is 0.0891. The maximum Gasteiger partial charge on any atom is 0.262 e. The van der Waals surface area contributed by atoms with Crippen LogP contribution in [-0.4, -0.2) is 21.5 Å². The number of nitrogens with one attached hydrogen (secondary N) is 2. The molecule has 1 fully saturated rings. The van der Waals surface area contributed by atoms with E-state index in [1.54, 1.807) is 24.3 Å². The summed E-state index contributed by atoms with van der Waals surface area (Å²) < 4.78 is 1.78. The normalized spacial score (nSPS) is 22.9. The number of H-pyrrole nitrogens is 1. The number of amides is 1. The lowest BCUT2D eigenvalue weighted by Gasteiger charge is -2.34. The summed E-state index contributed by atoms with van der Waals surface area (Å²) in [7, 11) is 0. The molecule has 26 heavy (non-hydrogen) atoms. The first-order valence-electron chi connectivity index (χ1n) is 9.11. The van der Waals surface area contributed by atoms with E-state index < -0.39 is 0 Å². The van der Waals surface area contributed by atoms with Gasteiger partial charge in [0.05, 0.1) is 10.9 Å². The molecule has 138 valence electrons.